The molecule has 5 heteroatoms. The molecule has 1 saturated carbocycles. The Balaban J connectivity index is 1.83. The van der Waals surface area contributed by atoms with E-state index in [1.54, 1.807) is 4.90 Å². The highest BCUT2D eigenvalue weighted by atomic mass is 35.5. The van der Waals surface area contributed by atoms with Crippen LogP contribution < -0.4 is 5.32 Å². The Morgan fingerprint density at radius 2 is 1.75 bits per heavy atom. The van der Waals surface area contributed by atoms with Crippen LogP contribution in [0.15, 0.2) is 42.5 Å². The molecule has 172 valence electrons. The van der Waals surface area contributed by atoms with Crippen LogP contribution in [0, 0.1) is 13.8 Å². The Morgan fingerprint density at radius 1 is 1.06 bits per heavy atom. The Morgan fingerprint density at radius 3 is 2.41 bits per heavy atom. The van der Waals surface area contributed by atoms with Crippen LogP contribution in [-0.4, -0.2) is 28.8 Å². The van der Waals surface area contributed by atoms with Crippen LogP contribution >= 0.6 is 11.6 Å². The van der Waals surface area contributed by atoms with Crippen LogP contribution in [0.4, 0.5) is 0 Å². The predicted molar refractivity (Wildman–Crippen MR) is 131 cm³/mol. The van der Waals surface area contributed by atoms with E-state index in [9.17, 15) is 9.59 Å². The number of carbonyl (C=O) groups excluding carboxylic acids is 2. The molecule has 1 atom stereocenters. The third-order valence-corrected chi connectivity index (χ3v) is 6.70. The first-order valence-corrected chi connectivity index (χ1v) is 12.2. The molecule has 3 rings (SSSR count). The number of nitrogens with zero attached hydrogens (tertiary/aromatic N) is 1. The van der Waals surface area contributed by atoms with Crippen molar-refractivity contribution in [1.82, 2.24) is 10.2 Å². The molecule has 0 unspecified atom stereocenters. The molecule has 1 fully saturated rings. The minimum Gasteiger partial charge on any atom is -0.352 e. The summed E-state index contributed by atoms with van der Waals surface area (Å²) >= 11 is 6.05. The number of amides is 2. The van der Waals surface area contributed by atoms with Crippen molar-refractivity contribution in [2.24, 2.45) is 0 Å². The summed E-state index contributed by atoms with van der Waals surface area (Å²) in [6.07, 6.45) is 6.45. The van der Waals surface area contributed by atoms with Crippen molar-refractivity contribution in [3.63, 3.8) is 0 Å². The molecule has 0 heterocycles. The number of halogens is 1. The monoisotopic (exact) mass is 454 g/mol. The predicted octanol–water partition coefficient (Wildman–Crippen LogP) is 5.76. The number of hydrogen-bond acceptors (Lipinski definition) is 2. The minimum atomic E-state index is -0.495. The smallest absolute Gasteiger partial charge is 0.243 e. The summed E-state index contributed by atoms with van der Waals surface area (Å²) in [6, 6.07) is 13.4. The van der Waals surface area contributed by atoms with Gasteiger partial charge in [-0.3, -0.25) is 9.59 Å². The van der Waals surface area contributed by atoms with Gasteiger partial charge in [0.2, 0.25) is 11.8 Å². The largest absolute Gasteiger partial charge is 0.352 e. The lowest BCUT2D eigenvalue weighted by Gasteiger charge is -2.33. The van der Waals surface area contributed by atoms with E-state index in [1.807, 2.05) is 45.0 Å². The van der Waals surface area contributed by atoms with E-state index in [0.717, 1.165) is 47.9 Å². The first kappa shape index (κ1) is 24.3. The number of carbonyl (C=O) groups is 2. The lowest BCUT2D eigenvalue weighted by Crippen LogP contribution is -2.52. The summed E-state index contributed by atoms with van der Waals surface area (Å²) in [4.78, 5) is 28.6. The average molecular weight is 455 g/mol. The normalized spacial score (nSPS) is 15.2. The van der Waals surface area contributed by atoms with Gasteiger partial charge in [0, 0.05) is 17.6 Å². The highest BCUT2D eigenvalue weighted by Gasteiger charge is 2.30. The zero-order chi connectivity index (χ0) is 23.1. The maximum Gasteiger partial charge on any atom is 0.243 e. The molecular weight excluding hydrogens is 420 g/mol. The van der Waals surface area contributed by atoms with Gasteiger partial charge < -0.3 is 10.2 Å². The van der Waals surface area contributed by atoms with Gasteiger partial charge in [-0.05, 0) is 61.9 Å². The van der Waals surface area contributed by atoms with Crippen LogP contribution in [0.3, 0.4) is 0 Å². The van der Waals surface area contributed by atoms with Gasteiger partial charge in [0.05, 0.1) is 6.42 Å². The van der Waals surface area contributed by atoms with E-state index in [1.165, 1.54) is 6.42 Å². The minimum absolute atomic E-state index is 0.0284. The third-order valence-electron chi connectivity index (χ3n) is 6.45. The average Bonchev–Trinajstić information content (AvgIpc) is 2.78. The summed E-state index contributed by atoms with van der Waals surface area (Å²) in [5.74, 6) is -0.0676. The fraction of sp³-hybridized carbons (Fsp3) is 0.481. The number of benzene rings is 2. The fourth-order valence-electron chi connectivity index (χ4n) is 4.51. The number of hydrogen-bond donors (Lipinski definition) is 1. The van der Waals surface area contributed by atoms with Gasteiger partial charge in [-0.2, -0.15) is 0 Å². The van der Waals surface area contributed by atoms with Crippen molar-refractivity contribution in [2.45, 2.75) is 84.3 Å². The molecule has 2 aromatic rings. The lowest BCUT2D eigenvalue weighted by atomic mass is 9.95. The molecule has 4 nitrogen and oxygen atoms in total. The molecular formula is C27H35ClN2O2. The second kappa shape index (κ2) is 11.5. The van der Waals surface area contributed by atoms with Crippen molar-refractivity contribution < 1.29 is 9.59 Å². The van der Waals surface area contributed by atoms with E-state index < -0.39 is 6.04 Å². The summed E-state index contributed by atoms with van der Waals surface area (Å²) < 4.78 is 0. The second-order valence-electron chi connectivity index (χ2n) is 9.02. The maximum atomic E-state index is 13.6. The lowest BCUT2D eigenvalue weighted by molar-refractivity contribution is -0.141. The van der Waals surface area contributed by atoms with Crippen LogP contribution in [0.2, 0.25) is 5.02 Å². The van der Waals surface area contributed by atoms with E-state index in [-0.39, 0.29) is 24.3 Å². The molecule has 1 N–H and O–H groups in total. The van der Waals surface area contributed by atoms with Gasteiger partial charge >= 0.3 is 0 Å². The Hall–Kier alpha value is -2.33. The van der Waals surface area contributed by atoms with E-state index in [4.69, 9.17) is 11.6 Å². The first-order valence-electron chi connectivity index (χ1n) is 11.8. The molecule has 0 aromatic heterocycles. The summed E-state index contributed by atoms with van der Waals surface area (Å²) in [5.41, 5.74) is 4.20. The van der Waals surface area contributed by atoms with Crippen molar-refractivity contribution in [3.8, 4) is 0 Å². The van der Waals surface area contributed by atoms with E-state index in [2.05, 4.69) is 23.5 Å². The number of aryl methyl sites for hydroxylation is 2. The van der Waals surface area contributed by atoms with Crippen LogP contribution in [0.5, 0.6) is 0 Å². The van der Waals surface area contributed by atoms with Crippen molar-refractivity contribution in [1.29, 1.82) is 0 Å². The maximum absolute atomic E-state index is 13.6. The van der Waals surface area contributed by atoms with Crippen LogP contribution in [0.25, 0.3) is 0 Å². The van der Waals surface area contributed by atoms with Crippen LogP contribution in [0.1, 0.15) is 67.7 Å². The number of rotatable bonds is 8. The SMILES string of the molecule is CC[C@H](C(=O)NC1CCCCC1)N(Cc1ccc(Cl)cc1)C(=O)Cc1cc(C)ccc1C. The molecule has 2 amide bonds. The topological polar surface area (TPSA) is 49.4 Å². The summed E-state index contributed by atoms with van der Waals surface area (Å²) in [7, 11) is 0. The van der Waals surface area contributed by atoms with Gasteiger partial charge in [-0.15, -0.1) is 0 Å². The molecule has 32 heavy (non-hydrogen) atoms. The molecule has 0 aliphatic heterocycles. The summed E-state index contributed by atoms with van der Waals surface area (Å²) in [5, 5.41) is 3.89. The van der Waals surface area contributed by atoms with E-state index >= 15 is 0 Å². The van der Waals surface area contributed by atoms with Gasteiger partial charge in [0.25, 0.3) is 0 Å². The van der Waals surface area contributed by atoms with Crippen LogP contribution in [-0.2, 0) is 22.6 Å². The quantitative estimate of drug-likeness (QED) is 0.551. The second-order valence-corrected chi connectivity index (χ2v) is 9.46. The Bertz CT molecular complexity index is 920. The Kier molecular flexibility index (Phi) is 8.75. The van der Waals surface area contributed by atoms with Gasteiger partial charge in [0.1, 0.15) is 6.04 Å². The summed E-state index contributed by atoms with van der Waals surface area (Å²) in [6.45, 7) is 6.42. The molecule has 0 spiro atoms. The molecule has 1 aliphatic carbocycles. The zero-order valence-corrected chi connectivity index (χ0v) is 20.3. The highest BCUT2D eigenvalue weighted by Crippen LogP contribution is 2.21. The van der Waals surface area contributed by atoms with Crippen molar-refractivity contribution in [2.75, 3.05) is 0 Å². The van der Waals surface area contributed by atoms with Gasteiger partial charge in [-0.25, -0.2) is 0 Å². The molecule has 0 saturated heterocycles. The van der Waals surface area contributed by atoms with Gasteiger partial charge in [-0.1, -0.05) is 73.7 Å². The Labute approximate surface area is 197 Å². The first-order chi connectivity index (χ1) is 15.4. The molecule has 0 radical (unpaired) electrons. The standard InChI is InChI=1S/C27H35ClN2O2/c1-4-25(27(32)29-24-8-6-5-7-9-24)30(18-21-12-14-23(28)15-13-21)26(31)17-22-16-19(2)10-11-20(22)3/h10-16,24-25H,4-9,17-18H2,1-3H3,(H,29,32)/t25-/m1/s1. The van der Waals surface area contributed by atoms with E-state index in [0.29, 0.717) is 18.0 Å². The molecule has 2 aromatic carbocycles. The number of nitrogens with one attached hydrogen (secondary N) is 1. The highest BCUT2D eigenvalue weighted by molar-refractivity contribution is 6.30. The fourth-order valence-corrected chi connectivity index (χ4v) is 4.63. The zero-order valence-electron chi connectivity index (χ0n) is 19.5. The molecule has 1 aliphatic rings. The molecule has 0 bridgehead atoms. The van der Waals surface area contributed by atoms with Crippen molar-refractivity contribution in [3.05, 3.63) is 69.7 Å². The van der Waals surface area contributed by atoms with Crippen molar-refractivity contribution >= 4 is 23.4 Å². The third kappa shape index (κ3) is 6.59. The van der Waals surface area contributed by atoms with Gasteiger partial charge in [0.15, 0.2) is 0 Å².